The van der Waals surface area contributed by atoms with Crippen LogP contribution in [0.5, 0.6) is 5.75 Å². The molecule has 3 aromatic rings. The second-order valence-corrected chi connectivity index (χ2v) is 10.1. The Balaban J connectivity index is 1.83. The number of methoxy groups -OCH3 is 2. The van der Waals surface area contributed by atoms with Gasteiger partial charge in [0.2, 0.25) is 0 Å². The van der Waals surface area contributed by atoms with Crippen molar-refractivity contribution in [2.24, 2.45) is 0 Å². The van der Waals surface area contributed by atoms with Gasteiger partial charge in [-0.3, -0.25) is 9.10 Å². The standard InChI is InChI=1S/C22H26N2O5S2/c1-15-12-18(7-8-19(15)29-4)31(26,27)24(2)17-6-9-20-16(13-17)14-21(30-20)22(25)23-10-5-11-28-3/h6-9,12-14H,5,10-11H2,1-4H3,(H,23,25). The number of fused-ring (bicyclic) bond motifs is 1. The highest BCUT2D eigenvalue weighted by atomic mass is 32.2. The van der Waals surface area contributed by atoms with Crippen molar-refractivity contribution in [3.05, 3.63) is 52.9 Å². The van der Waals surface area contributed by atoms with Gasteiger partial charge in [0.1, 0.15) is 5.75 Å². The van der Waals surface area contributed by atoms with Crippen LogP contribution in [0.1, 0.15) is 21.7 Å². The topological polar surface area (TPSA) is 84.9 Å². The highest BCUT2D eigenvalue weighted by Crippen LogP contribution is 2.32. The minimum absolute atomic E-state index is 0.145. The summed E-state index contributed by atoms with van der Waals surface area (Å²) in [4.78, 5) is 13.1. The van der Waals surface area contributed by atoms with Crippen LogP contribution < -0.4 is 14.4 Å². The van der Waals surface area contributed by atoms with E-state index >= 15 is 0 Å². The number of sulfonamides is 1. The maximum absolute atomic E-state index is 13.1. The van der Waals surface area contributed by atoms with E-state index in [1.54, 1.807) is 51.5 Å². The van der Waals surface area contributed by atoms with Crippen LogP contribution in [-0.2, 0) is 14.8 Å². The smallest absolute Gasteiger partial charge is 0.264 e. The highest BCUT2D eigenvalue weighted by molar-refractivity contribution is 7.92. The van der Waals surface area contributed by atoms with E-state index in [1.165, 1.54) is 28.8 Å². The summed E-state index contributed by atoms with van der Waals surface area (Å²) >= 11 is 1.37. The first-order chi connectivity index (χ1) is 14.8. The van der Waals surface area contributed by atoms with Gasteiger partial charge in [-0.15, -0.1) is 11.3 Å². The van der Waals surface area contributed by atoms with Gasteiger partial charge in [0.25, 0.3) is 15.9 Å². The molecule has 1 heterocycles. The Bertz CT molecular complexity index is 1190. The second kappa shape index (κ2) is 9.67. The molecule has 0 saturated carbocycles. The van der Waals surface area contributed by atoms with Crippen molar-refractivity contribution in [2.75, 3.05) is 38.7 Å². The maximum Gasteiger partial charge on any atom is 0.264 e. The van der Waals surface area contributed by atoms with Crippen molar-refractivity contribution < 1.29 is 22.7 Å². The number of aryl methyl sites for hydroxylation is 1. The lowest BCUT2D eigenvalue weighted by Gasteiger charge is -2.20. The van der Waals surface area contributed by atoms with E-state index in [1.807, 2.05) is 6.07 Å². The number of nitrogens with one attached hydrogen (secondary N) is 1. The first-order valence-electron chi connectivity index (χ1n) is 9.72. The zero-order valence-electron chi connectivity index (χ0n) is 18.0. The van der Waals surface area contributed by atoms with Crippen molar-refractivity contribution >= 4 is 43.0 Å². The first kappa shape index (κ1) is 23.1. The van der Waals surface area contributed by atoms with Gasteiger partial charge in [-0.05, 0) is 66.8 Å². The average molecular weight is 463 g/mol. The van der Waals surface area contributed by atoms with E-state index in [4.69, 9.17) is 9.47 Å². The summed E-state index contributed by atoms with van der Waals surface area (Å²) in [6, 6.07) is 11.9. The van der Waals surface area contributed by atoms with Crippen LogP contribution in [0.4, 0.5) is 5.69 Å². The molecule has 0 fully saturated rings. The molecule has 31 heavy (non-hydrogen) atoms. The van der Waals surface area contributed by atoms with Crippen molar-refractivity contribution in [2.45, 2.75) is 18.2 Å². The van der Waals surface area contributed by atoms with Crippen LogP contribution in [0.15, 0.2) is 47.4 Å². The fourth-order valence-electron chi connectivity index (χ4n) is 3.15. The molecule has 1 N–H and O–H groups in total. The zero-order chi connectivity index (χ0) is 22.6. The van der Waals surface area contributed by atoms with Crippen LogP contribution in [0.2, 0.25) is 0 Å². The van der Waals surface area contributed by atoms with Crippen LogP contribution >= 0.6 is 11.3 Å². The molecule has 166 valence electrons. The molecule has 0 saturated heterocycles. The normalized spacial score (nSPS) is 11.5. The summed E-state index contributed by atoms with van der Waals surface area (Å²) in [7, 11) is 0.946. The number of rotatable bonds is 9. The molecule has 0 aliphatic rings. The molecule has 0 bridgehead atoms. The Hall–Kier alpha value is -2.62. The van der Waals surface area contributed by atoms with E-state index in [0.29, 0.717) is 29.5 Å². The Morgan fingerprint density at radius 3 is 2.58 bits per heavy atom. The zero-order valence-corrected chi connectivity index (χ0v) is 19.6. The molecule has 0 radical (unpaired) electrons. The highest BCUT2D eigenvalue weighted by Gasteiger charge is 2.23. The molecular weight excluding hydrogens is 436 g/mol. The van der Waals surface area contributed by atoms with Crippen LogP contribution in [0.3, 0.4) is 0 Å². The fraction of sp³-hybridized carbons (Fsp3) is 0.318. The number of benzene rings is 2. The van der Waals surface area contributed by atoms with Crippen LogP contribution in [0.25, 0.3) is 10.1 Å². The van der Waals surface area contributed by atoms with Gasteiger partial charge < -0.3 is 14.8 Å². The molecular formula is C22H26N2O5S2. The van der Waals surface area contributed by atoms with E-state index in [9.17, 15) is 13.2 Å². The van der Waals surface area contributed by atoms with Gasteiger partial charge in [0, 0.05) is 32.0 Å². The molecule has 9 heteroatoms. The van der Waals surface area contributed by atoms with E-state index in [-0.39, 0.29) is 10.8 Å². The number of carbonyl (C=O) groups excluding carboxylic acids is 1. The molecule has 1 amide bonds. The minimum Gasteiger partial charge on any atom is -0.496 e. The van der Waals surface area contributed by atoms with Gasteiger partial charge in [-0.2, -0.15) is 0 Å². The Kier molecular flexibility index (Phi) is 7.19. The molecule has 0 unspecified atom stereocenters. The third kappa shape index (κ3) is 5.00. The van der Waals surface area contributed by atoms with Crippen LogP contribution in [0, 0.1) is 6.92 Å². The van der Waals surface area contributed by atoms with Crippen molar-refractivity contribution in [3.63, 3.8) is 0 Å². The summed E-state index contributed by atoms with van der Waals surface area (Å²) in [6.07, 6.45) is 0.741. The molecule has 7 nitrogen and oxygen atoms in total. The van der Waals surface area contributed by atoms with Gasteiger partial charge >= 0.3 is 0 Å². The SMILES string of the molecule is COCCCNC(=O)c1cc2cc(N(C)S(=O)(=O)c3ccc(OC)c(C)c3)ccc2s1. The number of hydrogen-bond donors (Lipinski definition) is 1. The van der Waals surface area contributed by atoms with Crippen molar-refractivity contribution in [3.8, 4) is 5.75 Å². The first-order valence-corrected chi connectivity index (χ1v) is 12.0. The van der Waals surface area contributed by atoms with Crippen molar-refractivity contribution in [1.82, 2.24) is 5.32 Å². The van der Waals surface area contributed by atoms with Crippen molar-refractivity contribution in [1.29, 1.82) is 0 Å². The molecule has 0 spiro atoms. The molecule has 3 rings (SSSR count). The number of nitrogens with zero attached hydrogens (tertiary/aromatic N) is 1. The summed E-state index contributed by atoms with van der Waals surface area (Å²) in [6.45, 7) is 2.93. The Morgan fingerprint density at radius 2 is 1.90 bits per heavy atom. The van der Waals surface area contributed by atoms with E-state index < -0.39 is 10.0 Å². The predicted octanol–water partition coefficient (Wildman–Crippen LogP) is 3.81. The molecule has 2 aromatic carbocycles. The Morgan fingerprint density at radius 1 is 1.13 bits per heavy atom. The number of hydrogen-bond acceptors (Lipinski definition) is 6. The number of carbonyl (C=O) groups is 1. The number of ether oxygens (including phenoxy) is 2. The predicted molar refractivity (Wildman–Crippen MR) is 124 cm³/mol. The molecule has 0 atom stereocenters. The summed E-state index contributed by atoms with van der Waals surface area (Å²) in [5.74, 6) is 0.489. The average Bonchev–Trinajstić information content (AvgIpc) is 3.19. The number of amides is 1. The molecule has 0 aliphatic heterocycles. The Labute approximate surface area is 186 Å². The lowest BCUT2D eigenvalue weighted by Crippen LogP contribution is -2.26. The number of thiophene rings is 1. The molecule has 0 aliphatic carbocycles. The lowest BCUT2D eigenvalue weighted by atomic mass is 10.2. The third-order valence-electron chi connectivity index (χ3n) is 4.92. The van der Waals surface area contributed by atoms with Crippen LogP contribution in [-0.4, -0.2) is 48.7 Å². The fourth-order valence-corrected chi connectivity index (χ4v) is 5.38. The van der Waals surface area contributed by atoms with Gasteiger partial charge in [-0.1, -0.05) is 0 Å². The largest absolute Gasteiger partial charge is 0.496 e. The van der Waals surface area contributed by atoms with Gasteiger partial charge in [0.05, 0.1) is 22.6 Å². The monoisotopic (exact) mass is 462 g/mol. The maximum atomic E-state index is 13.1. The van der Waals surface area contributed by atoms with Gasteiger partial charge in [-0.25, -0.2) is 8.42 Å². The molecule has 1 aromatic heterocycles. The minimum atomic E-state index is -3.75. The summed E-state index contributed by atoms with van der Waals surface area (Å²) < 4.78 is 38.6. The lowest BCUT2D eigenvalue weighted by molar-refractivity contribution is 0.0952. The summed E-state index contributed by atoms with van der Waals surface area (Å²) in [5, 5.41) is 3.68. The van der Waals surface area contributed by atoms with E-state index in [0.717, 1.165) is 22.1 Å². The third-order valence-corrected chi connectivity index (χ3v) is 7.82. The number of anilines is 1. The van der Waals surface area contributed by atoms with E-state index in [2.05, 4.69) is 5.32 Å². The second-order valence-electron chi connectivity index (χ2n) is 7.04. The quantitative estimate of drug-likeness (QED) is 0.489. The summed E-state index contributed by atoms with van der Waals surface area (Å²) in [5.41, 5.74) is 1.26. The van der Waals surface area contributed by atoms with Gasteiger partial charge in [0.15, 0.2) is 0 Å².